The Morgan fingerprint density at radius 3 is 3.06 bits per heavy atom. The van der Waals surface area contributed by atoms with Crippen LogP contribution in [0, 0.1) is 11.3 Å². The molecule has 0 saturated heterocycles. The fourth-order valence-corrected chi connectivity index (χ4v) is 2.19. The van der Waals surface area contributed by atoms with Crippen LogP contribution in [0.15, 0.2) is 24.3 Å². The summed E-state index contributed by atoms with van der Waals surface area (Å²) in [5.41, 5.74) is 2.14. The molecule has 1 aliphatic heterocycles. The van der Waals surface area contributed by atoms with E-state index in [0.717, 1.165) is 37.2 Å². The minimum atomic E-state index is -0.330. The van der Waals surface area contributed by atoms with E-state index < -0.39 is 0 Å². The Balaban J connectivity index is 2.12. The van der Waals surface area contributed by atoms with Crippen LogP contribution >= 0.6 is 0 Å². The van der Waals surface area contributed by atoms with Crippen molar-refractivity contribution in [1.82, 2.24) is 0 Å². The molecule has 3 heteroatoms. The molecule has 1 aliphatic rings. The maximum absolute atomic E-state index is 9.87. The van der Waals surface area contributed by atoms with E-state index in [1.54, 1.807) is 0 Å². The first kappa shape index (κ1) is 11.0. The number of nitrogens with zero attached hydrogens (tertiary/aromatic N) is 2. The van der Waals surface area contributed by atoms with Gasteiger partial charge >= 0.3 is 0 Å². The number of hydrogen-bond acceptors (Lipinski definition) is 3. The number of para-hydroxylation sites is 1. The summed E-state index contributed by atoms with van der Waals surface area (Å²) in [6.07, 6.45) is 1.94. The zero-order chi connectivity index (χ0) is 11.4. The highest BCUT2D eigenvalue weighted by Gasteiger charge is 2.22. The monoisotopic (exact) mass is 216 g/mol. The lowest BCUT2D eigenvalue weighted by molar-refractivity contribution is 0.164. The Bertz CT molecular complexity index is 397. The lowest BCUT2D eigenvalue weighted by atomic mass is 9.99. The standard InChI is InChI=1S/C13H16N2O/c14-8-3-4-9-15-10-7-13(16)11-5-1-2-6-12(11)15/h1-2,5-6,13,16H,3-4,7,9-10H2. The van der Waals surface area contributed by atoms with Crippen LogP contribution in [0.5, 0.6) is 0 Å². The van der Waals surface area contributed by atoms with Crippen molar-refractivity contribution in [3.8, 4) is 6.07 Å². The van der Waals surface area contributed by atoms with Gasteiger partial charge in [-0.25, -0.2) is 0 Å². The number of benzene rings is 1. The van der Waals surface area contributed by atoms with E-state index in [4.69, 9.17) is 5.26 Å². The van der Waals surface area contributed by atoms with Gasteiger partial charge in [0.15, 0.2) is 0 Å². The smallest absolute Gasteiger partial charge is 0.0826 e. The van der Waals surface area contributed by atoms with Crippen molar-refractivity contribution in [2.24, 2.45) is 0 Å². The zero-order valence-electron chi connectivity index (χ0n) is 9.26. The Morgan fingerprint density at radius 1 is 1.44 bits per heavy atom. The first-order valence-electron chi connectivity index (χ1n) is 5.72. The highest BCUT2D eigenvalue weighted by atomic mass is 16.3. The molecule has 2 rings (SSSR count). The Labute approximate surface area is 95.9 Å². The topological polar surface area (TPSA) is 47.3 Å². The van der Waals surface area contributed by atoms with Gasteiger partial charge in [-0.15, -0.1) is 0 Å². The number of unbranched alkanes of at least 4 members (excludes halogenated alkanes) is 1. The number of rotatable bonds is 3. The summed E-state index contributed by atoms with van der Waals surface area (Å²) in [7, 11) is 0. The molecule has 1 unspecified atom stereocenters. The average Bonchev–Trinajstić information content (AvgIpc) is 2.33. The molecule has 1 aromatic carbocycles. The molecular weight excluding hydrogens is 200 g/mol. The number of fused-ring (bicyclic) bond motifs is 1. The second-order valence-electron chi connectivity index (χ2n) is 4.11. The largest absolute Gasteiger partial charge is 0.388 e. The Kier molecular flexibility index (Phi) is 3.43. The third-order valence-corrected chi connectivity index (χ3v) is 3.03. The molecule has 0 fully saturated rings. The quantitative estimate of drug-likeness (QED) is 0.788. The molecule has 0 spiro atoms. The van der Waals surface area contributed by atoms with Crippen molar-refractivity contribution in [2.45, 2.75) is 25.4 Å². The van der Waals surface area contributed by atoms with Crippen molar-refractivity contribution in [3.63, 3.8) is 0 Å². The maximum Gasteiger partial charge on any atom is 0.0826 e. The molecule has 0 bridgehead atoms. The molecule has 3 nitrogen and oxygen atoms in total. The third-order valence-electron chi connectivity index (χ3n) is 3.03. The van der Waals surface area contributed by atoms with Crippen molar-refractivity contribution < 1.29 is 5.11 Å². The highest BCUT2D eigenvalue weighted by Crippen LogP contribution is 2.33. The van der Waals surface area contributed by atoms with Gasteiger partial charge in [0.1, 0.15) is 0 Å². The van der Waals surface area contributed by atoms with Gasteiger partial charge in [-0.2, -0.15) is 5.26 Å². The van der Waals surface area contributed by atoms with Crippen molar-refractivity contribution in [1.29, 1.82) is 5.26 Å². The number of anilines is 1. The van der Waals surface area contributed by atoms with Crippen molar-refractivity contribution >= 4 is 5.69 Å². The van der Waals surface area contributed by atoms with E-state index >= 15 is 0 Å². The van der Waals surface area contributed by atoms with Gasteiger partial charge in [-0.1, -0.05) is 18.2 Å². The summed E-state index contributed by atoms with van der Waals surface area (Å²) in [6.45, 7) is 1.78. The molecule has 0 aliphatic carbocycles. The minimum Gasteiger partial charge on any atom is -0.388 e. The molecular formula is C13H16N2O. The predicted octanol–water partition coefficient (Wildman–Crippen LogP) is 2.23. The second kappa shape index (κ2) is 5.00. The Hall–Kier alpha value is -1.53. The molecule has 0 saturated carbocycles. The SMILES string of the molecule is N#CCCCN1CCC(O)c2ccccc21. The molecule has 1 aromatic rings. The fourth-order valence-electron chi connectivity index (χ4n) is 2.19. The van der Waals surface area contributed by atoms with E-state index in [-0.39, 0.29) is 6.10 Å². The van der Waals surface area contributed by atoms with E-state index in [0.29, 0.717) is 6.42 Å². The second-order valence-corrected chi connectivity index (χ2v) is 4.11. The van der Waals surface area contributed by atoms with Crippen LogP contribution < -0.4 is 4.90 Å². The third kappa shape index (κ3) is 2.17. The summed E-state index contributed by atoms with van der Waals surface area (Å²) in [5, 5.41) is 18.4. The van der Waals surface area contributed by atoms with Crippen molar-refractivity contribution in [2.75, 3.05) is 18.0 Å². The molecule has 1 heterocycles. The van der Waals surface area contributed by atoms with E-state index in [1.165, 1.54) is 0 Å². The number of aliphatic hydroxyl groups excluding tert-OH is 1. The number of nitriles is 1. The van der Waals surface area contributed by atoms with Gasteiger partial charge < -0.3 is 10.0 Å². The fraction of sp³-hybridized carbons (Fsp3) is 0.462. The van der Waals surface area contributed by atoms with Crippen LogP contribution in [0.1, 0.15) is 30.9 Å². The van der Waals surface area contributed by atoms with Gasteiger partial charge in [-0.05, 0) is 18.9 Å². The Morgan fingerprint density at radius 2 is 2.25 bits per heavy atom. The summed E-state index contributed by atoms with van der Waals surface area (Å²) < 4.78 is 0. The molecule has 0 aromatic heterocycles. The summed E-state index contributed by atoms with van der Waals surface area (Å²) >= 11 is 0. The van der Waals surface area contributed by atoms with E-state index in [1.807, 2.05) is 24.3 Å². The predicted molar refractivity (Wildman–Crippen MR) is 63.1 cm³/mol. The minimum absolute atomic E-state index is 0.330. The normalized spacial score (nSPS) is 19.0. The number of hydrogen-bond donors (Lipinski definition) is 1. The number of aliphatic hydroxyl groups is 1. The summed E-state index contributed by atoms with van der Waals surface area (Å²) in [6, 6.07) is 10.1. The molecule has 1 N–H and O–H groups in total. The van der Waals surface area contributed by atoms with Crippen molar-refractivity contribution in [3.05, 3.63) is 29.8 Å². The molecule has 0 amide bonds. The molecule has 16 heavy (non-hydrogen) atoms. The first-order chi connectivity index (χ1) is 7.83. The van der Waals surface area contributed by atoms with Gasteiger partial charge in [-0.3, -0.25) is 0 Å². The summed E-state index contributed by atoms with van der Waals surface area (Å²) in [5.74, 6) is 0. The van der Waals surface area contributed by atoms with Crippen LogP contribution in [0.3, 0.4) is 0 Å². The first-order valence-corrected chi connectivity index (χ1v) is 5.72. The molecule has 84 valence electrons. The van der Waals surface area contributed by atoms with E-state index in [9.17, 15) is 5.11 Å². The van der Waals surface area contributed by atoms with Crippen LogP contribution in [0.25, 0.3) is 0 Å². The van der Waals surface area contributed by atoms with Crippen LogP contribution in [-0.4, -0.2) is 18.2 Å². The van der Waals surface area contributed by atoms with Crippen LogP contribution in [0.4, 0.5) is 5.69 Å². The maximum atomic E-state index is 9.87. The van der Waals surface area contributed by atoms with Gasteiger partial charge in [0.25, 0.3) is 0 Å². The van der Waals surface area contributed by atoms with Crippen LogP contribution in [0.2, 0.25) is 0 Å². The van der Waals surface area contributed by atoms with Gasteiger partial charge in [0, 0.05) is 30.8 Å². The lowest BCUT2D eigenvalue weighted by Crippen LogP contribution is -2.31. The molecule has 0 radical (unpaired) electrons. The van der Waals surface area contributed by atoms with E-state index in [2.05, 4.69) is 11.0 Å². The summed E-state index contributed by atoms with van der Waals surface area (Å²) in [4.78, 5) is 2.26. The molecule has 1 atom stereocenters. The lowest BCUT2D eigenvalue weighted by Gasteiger charge is -2.33. The van der Waals surface area contributed by atoms with Gasteiger partial charge in [0.05, 0.1) is 12.2 Å². The van der Waals surface area contributed by atoms with Crippen LogP contribution in [-0.2, 0) is 0 Å². The van der Waals surface area contributed by atoms with Gasteiger partial charge in [0.2, 0.25) is 0 Å². The average molecular weight is 216 g/mol. The highest BCUT2D eigenvalue weighted by molar-refractivity contribution is 5.56. The zero-order valence-corrected chi connectivity index (χ0v) is 9.26.